The van der Waals surface area contributed by atoms with Crippen LogP contribution in [0.15, 0.2) is 101 Å². The number of ketones is 1. The van der Waals surface area contributed by atoms with E-state index in [-0.39, 0.29) is 69.4 Å². The molecule has 1 fully saturated rings. The number of methoxy groups -OCH3 is 1. The zero-order valence-corrected chi connectivity index (χ0v) is 49.5. The number of nitrogens with zero attached hydrogens (tertiary/aromatic N) is 3. The normalized spacial score (nSPS) is 13.3. The van der Waals surface area contributed by atoms with Gasteiger partial charge in [-0.2, -0.15) is 5.26 Å². The molecule has 0 aliphatic heterocycles. The first-order valence-corrected chi connectivity index (χ1v) is 30.3. The van der Waals surface area contributed by atoms with Gasteiger partial charge in [0.2, 0.25) is 27.8 Å². The predicted molar refractivity (Wildman–Crippen MR) is 321 cm³/mol. The number of rotatable bonds is 27. The van der Waals surface area contributed by atoms with E-state index < -0.39 is 39.9 Å². The molecule has 1 atom stereocenters. The number of amides is 2. The topological polar surface area (TPSA) is 216 Å². The van der Waals surface area contributed by atoms with Crippen LogP contribution < -0.4 is 24.4 Å². The minimum absolute atomic E-state index is 0.00297. The van der Waals surface area contributed by atoms with Crippen LogP contribution in [0.25, 0.3) is 22.7 Å². The van der Waals surface area contributed by atoms with Crippen LogP contribution in [0.2, 0.25) is 5.02 Å². The molecule has 18 heteroatoms. The van der Waals surface area contributed by atoms with Crippen LogP contribution in [0.1, 0.15) is 166 Å². The van der Waals surface area contributed by atoms with Gasteiger partial charge in [-0.25, -0.2) is 23.0 Å². The summed E-state index contributed by atoms with van der Waals surface area (Å²) in [5.41, 5.74) is 4.91. The second-order valence-corrected chi connectivity index (χ2v) is 24.0. The predicted octanol–water partition coefficient (Wildman–Crippen LogP) is 15.0. The van der Waals surface area contributed by atoms with Crippen molar-refractivity contribution in [2.75, 3.05) is 34.9 Å². The number of hydrogen-bond acceptors (Lipinski definition) is 13. The van der Waals surface area contributed by atoms with Crippen LogP contribution >= 0.6 is 11.6 Å². The monoisotopic (exact) mass is 1160 g/mol. The van der Waals surface area contributed by atoms with Crippen molar-refractivity contribution in [2.24, 2.45) is 0 Å². The fourth-order valence-corrected chi connectivity index (χ4v) is 10.4. The zero-order chi connectivity index (χ0) is 59.0. The molecule has 2 amide bonds. The Morgan fingerprint density at radius 3 is 2.17 bits per heavy atom. The highest BCUT2D eigenvalue weighted by Gasteiger charge is 2.33. The quantitative estimate of drug-likeness (QED) is 0.0161. The number of nitriles is 1. The van der Waals surface area contributed by atoms with Crippen LogP contribution in [-0.4, -0.2) is 69.3 Å². The number of anilines is 3. The lowest BCUT2D eigenvalue weighted by molar-refractivity contribution is -0.120. The first kappa shape index (κ1) is 61.9. The fraction of sp³-hybridized carbons (Fsp3) is 0.406. The number of oxazole rings is 1. The van der Waals surface area contributed by atoms with Crippen LogP contribution in [0.4, 0.5) is 21.9 Å². The maximum Gasteiger partial charge on any atom is 0.414 e. The third-order valence-corrected chi connectivity index (χ3v) is 15.2. The highest BCUT2D eigenvalue weighted by molar-refractivity contribution is 7.92. The Balaban J connectivity index is 1.07. The molecule has 0 saturated heterocycles. The molecule has 0 bridgehead atoms. The number of aryl methyl sites for hydroxylation is 1. The molecule has 1 aliphatic rings. The molecule has 1 heterocycles. The summed E-state index contributed by atoms with van der Waals surface area (Å²) in [6.45, 7) is 10.3. The van der Waals surface area contributed by atoms with Crippen molar-refractivity contribution in [1.82, 2.24) is 4.98 Å². The standard InChI is InChI=1S/C64H74ClN5O11S/c1-8-9-10-11-12-13-14-15-16-19-34-78-62(73)46-26-31-52(65)53(38-46)67-60(72)59(58(71)44-24-29-51(77-6)30-25-44)80-57-32-22-43(36-55(57)69-82(7,75)76)41-79-63(74)70(49-20-17-18-21-49)50-28-23-45(42(2)35-50)37-47(40-66)61-68-54-39-48(64(3,4)5)27-33-56(54)81-61/h22-33,35-39,49,59,69H,8-21,34,41H2,1-7H3,(H,67,72)/b47-37+. The van der Waals surface area contributed by atoms with Gasteiger partial charge in [-0.1, -0.05) is 128 Å². The van der Waals surface area contributed by atoms with Gasteiger partial charge in [-0.15, -0.1) is 0 Å². The van der Waals surface area contributed by atoms with Gasteiger partial charge in [0.1, 0.15) is 35.3 Å². The smallest absolute Gasteiger partial charge is 0.414 e. The number of Topliss-reactive ketones (excluding diaryl/α,β-unsaturated/α-hetero) is 1. The molecular formula is C64H74ClN5O11S. The molecule has 434 valence electrons. The van der Waals surface area contributed by atoms with Crippen molar-refractivity contribution < 1.29 is 51.0 Å². The molecule has 0 spiro atoms. The van der Waals surface area contributed by atoms with E-state index in [1.165, 1.54) is 106 Å². The fourth-order valence-electron chi connectivity index (χ4n) is 9.71. The summed E-state index contributed by atoms with van der Waals surface area (Å²) < 4.78 is 57.2. The number of allylic oxidation sites excluding steroid dienone is 1. The summed E-state index contributed by atoms with van der Waals surface area (Å²) in [5.74, 6) is -1.97. The second-order valence-electron chi connectivity index (χ2n) is 21.8. The number of carbonyl (C=O) groups is 4. The molecular weight excluding hydrogens is 1080 g/mol. The molecule has 1 aliphatic carbocycles. The number of halogens is 1. The molecule has 1 saturated carbocycles. The highest BCUT2D eigenvalue weighted by atomic mass is 35.5. The molecule has 16 nitrogen and oxygen atoms in total. The summed E-state index contributed by atoms with van der Waals surface area (Å²) in [6, 6.07) is 27.9. The van der Waals surface area contributed by atoms with Gasteiger partial charge in [-0.05, 0) is 139 Å². The number of ether oxygens (including phenoxy) is 4. The highest BCUT2D eigenvalue weighted by Crippen LogP contribution is 2.35. The number of fused-ring (bicyclic) bond motifs is 1. The van der Waals surface area contributed by atoms with Crippen molar-refractivity contribution >= 4 is 85.2 Å². The first-order valence-electron chi connectivity index (χ1n) is 28.1. The van der Waals surface area contributed by atoms with Gasteiger partial charge in [0.05, 0.1) is 41.9 Å². The van der Waals surface area contributed by atoms with Crippen molar-refractivity contribution in [1.29, 1.82) is 5.26 Å². The van der Waals surface area contributed by atoms with Gasteiger partial charge in [0.25, 0.3) is 5.91 Å². The van der Waals surface area contributed by atoms with Gasteiger partial charge in [0.15, 0.2) is 5.58 Å². The largest absolute Gasteiger partial charge is 0.497 e. The lowest BCUT2D eigenvalue weighted by Gasteiger charge is -2.29. The van der Waals surface area contributed by atoms with Crippen LogP contribution in [-0.2, 0) is 36.3 Å². The van der Waals surface area contributed by atoms with Crippen LogP contribution in [0.5, 0.6) is 11.5 Å². The Labute approximate surface area is 486 Å². The number of esters is 1. The second kappa shape index (κ2) is 28.8. The summed E-state index contributed by atoms with van der Waals surface area (Å²) in [6.07, 6.45) is 14.7. The molecule has 82 heavy (non-hydrogen) atoms. The minimum Gasteiger partial charge on any atom is -0.497 e. The molecule has 5 aromatic carbocycles. The van der Waals surface area contributed by atoms with Crippen molar-refractivity contribution in [3.05, 3.63) is 141 Å². The zero-order valence-electron chi connectivity index (χ0n) is 47.9. The average Bonchev–Trinajstić information content (AvgIpc) is 4.30. The Morgan fingerprint density at radius 2 is 1.52 bits per heavy atom. The van der Waals surface area contributed by atoms with E-state index in [1.54, 1.807) is 17.0 Å². The number of carbonyl (C=O) groups excluding carboxylic acids is 4. The Morgan fingerprint density at radius 1 is 0.841 bits per heavy atom. The number of aromatic nitrogens is 1. The number of hydrogen-bond donors (Lipinski definition) is 2. The number of nitrogens with one attached hydrogen (secondary N) is 2. The van der Waals surface area contributed by atoms with E-state index in [4.69, 9.17) is 35.0 Å². The molecule has 7 rings (SSSR count). The number of benzene rings is 5. The van der Waals surface area contributed by atoms with Crippen molar-refractivity contribution in [3.8, 4) is 17.6 Å². The maximum atomic E-state index is 14.3. The van der Waals surface area contributed by atoms with E-state index in [0.717, 1.165) is 67.9 Å². The van der Waals surface area contributed by atoms with E-state index in [9.17, 15) is 32.9 Å². The third kappa shape index (κ3) is 17.2. The van der Waals surface area contributed by atoms with E-state index >= 15 is 0 Å². The average molecular weight is 1160 g/mol. The summed E-state index contributed by atoms with van der Waals surface area (Å²) in [4.78, 5) is 62.4. The number of sulfonamides is 1. The van der Waals surface area contributed by atoms with E-state index in [2.05, 4.69) is 48.8 Å². The van der Waals surface area contributed by atoms with Crippen LogP contribution in [0.3, 0.4) is 0 Å². The molecule has 1 aromatic heterocycles. The van der Waals surface area contributed by atoms with Crippen molar-refractivity contribution in [3.63, 3.8) is 0 Å². The van der Waals surface area contributed by atoms with E-state index in [1.807, 2.05) is 37.3 Å². The van der Waals surface area contributed by atoms with Crippen molar-refractivity contribution in [2.45, 2.75) is 149 Å². The third-order valence-electron chi connectivity index (χ3n) is 14.3. The first-order chi connectivity index (χ1) is 39.2. The summed E-state index contributed by atoms with van der Waals surface area (Å²) >= 11 is 6.56. The summed E-state index contributed by atoms with van der Waals surface area (Å²) in [5, 5.41) is 12.9. The summed E-state index contributed by atoms with van der Waals surface area (Å²) in [7, 11) is -2.55. The van der Waals surface area contributed by atoms with Gasteiger partial charge >= 0.3 is 12.1 Å². The Kier molecular flexibility index (Phi) is 21.8. The molecule has 2 N–H and O–H groups in total. The maximum absolute atomic E-state index is 14.3. The van der Waals surface area contributed by atoms with Crippen LogP contribution in [0, 0.1) is 18.3 Å². The molecule has 1 unspecified atom stereocenters. The lowest BCUT2D eigenvalue weighted by atomic mass is 9.87. The van der Waals surface area contributed by atoms with Gasteiger partial charge < -0.3 is 28.7 Å². The Bertz CT molecular complexity index is 3410. The van der Waals surface area contributed by atoms with Gasteiger partial charge in [-0.3, -0.25) is 19.2 Å². The van der Waals surface area contributed by atoms with Gasteiger partial charge in [0, 0.05) is 17.3 Å². The van der Waals surface area contributed by atoms with E-state index in [0.29, 0.717) is 34.5 Å². The SMILES string of the molecule is CCCCCCCCCCCCOC(=O)c1ccc(Cl)c(NC(=O)C(Oc2ccc(COC(=O)N(c3ccc(/C=C(\C#N)c4nc5cc(C(C)(C)C)ccc5o4)c(C)c3)C3CCCC3)cc2NS(C)(=O)=O)C(=O)c2ccc(OC)cc2)c1. The minimum atomic E-state index is -4.01. The molecule has 6 aromatic rings. The molecule has 0 radical (unpaired) electrons. The lowest BCUT2D eigenvalue weighted by Crippen LogP contribution is -2.40. The number of unbranched alkanes of at least 4 members (excludes halogenated alkanes) is 9. The Hall–Kier alpha value is -7.68.